The van der Waals surface area contributed by atoms with Crippen LogP contribution in [0.5, 0.6) is 5.75 Å². The van der Waals surface area contributed by atoms with E-state index in [2.05, 4.69) is 6.07 Å². The lowest BCUT2D eigenvalue weighted by molar-refractivity contribution is 0.409. The summed E-state index contributed by atoms with van der Waals surface area (Å²) in [5, 5.41) is 9.45. The van der Waals surface area contributed by atoms with Crippen LogP contribution in [-0.2, 0) is 0 Å². The van der Waals surface area contributed by atoms with Crippen molar-refractivity contribution in [1.82, 2.24) is 0 Å². The van der Waals surface area contributed by atoms with Gasteiger partial charge in [-0.3, -0.25) is 0 Å². The molecule has 1 aromatic rings. The molecule has 1 aliphatic rings. The predicted octanol–water partition coefficient (Wildman–Crippen LogP) is 2.98. The Balaban J connectivity index is 2.33. The lowest BCUT2D eigenvalue weighted by Gasteiger charge is -2.07. The van der Waals surface area contributed by atoms with Crippen molar-refractivity contribution in [3.05, 3.63) is 28.8 Å². The number of benzene rings is 1. The van der Waals surface area contributed by atoms with Crippen LogP contribution in [-0.4, -0.2) is 7.11 Å². The van der Waals surface area contributed by atoms with Crippen LogP contribution in [0.4, 0.5) is 0 Å². The molecule has 0 aliphatic heterocycles. The van der Waals surface area contributed by atoms with Crippen LogP contribution in [0.15, 0.2) is 18.2 Å². The standard InChI is InChI=1S/C11H10ClNO/c1-14-11-3-2-8(12)5-10(11)9-4-7(9)6-13/h2-3,5,7,9H,4H2,1H3. The van der Waals surface area contributed by atoms with Crippen LogP contribution in [0.1, 0.15) is 17.9 Å². The number of hydrogen-bond donors (Lipinski definition) is 0. The fourth-order valence-electron chi connectivity index (χ4n) is 1.68. The van der Waals surface area contributed by atoms with E-state index in [0.717, 1.165) is 17.7 Å². The summed E-state index contributed by atoms with van der Waals surface area (Å²) in [7, 11) is 1.64. The zero-order chi connectivity index (χ0) is 10.1. The minimum Gasteiger partial charge on any atom is -0.496 e. The lowest BCUT2D eigenvalue weighted by atomic mass is 10.1. The number of nitrogens with zero attached hydrogens (tertiary/aromatic N) is 1. The molecular weight excluding hydrogens is 198 g/mol. The zero-order valence-electron chi connectivity index (χ0n) is 7.83. The van der Waals surface area contributed by atoms with Crippen LogP contribution in [0, 0.1) is 17.2 Å². The number of ether oxygens (including phenoxy) is 1. The first-order chi connectivity index (χ1) is 6.76. The van der Waals surface area contributed by atoms with Crippen molar-refractivity contribution >= 4 is 11.6 Å². The van der Waals surface area contributed by atoms with Crippen molar-refractivity contribution in [1.29, 1.82) is 5.26 Å². The molecule has 1 fully saturated rings. The molecule has 14 heavy (non-hydrogen) atoms. The number of methoxy groups -OCH3 is 1. The molecule has 2 rings (SSSR count). The minimum absolute atomic E-state index is 0.141. The summed E-state index contributed by atoms with van der Waals surface area (Å²) in [5.41, 5.74) is 1.06. The van der Waals surface area contributed by atoms with Gasteiger partial charge in [0.15, 0.2) is 0 Å². The first kappa shape index (κ1) is 9.36. The monoisotopic (exact) mass is 207 g/mol. The molecular formula is C11H10ClNO. The van der Waals surface area contributed by atoms with E-state index in [1.807, 2.05) is 12.1 Å². The Morgan fingerprint density at radius 3 is 2.93 bits per heavy atom. The summed E-state index contributed by atoms with van der Waals surface area (Å²) in [5.74, 6) is 1.29. The summed E-state index contributed by atoms with van der Waals surface area (Å²) in [6.45, 7) is 0. The van der Waals surface area contributed by atoms with Crippen LogP contribution in [0.25, 0.3) is 0 Å². The highest BCUT2D eigenvalue weighted by Gasteiger charge is 2.40. The van der Waals surface area contributed by atoms with Crippen molar-refractivity contribution in [3.63, 3.8) is 0 Å². The van der Waals surface area contributed by atoms with Crippen molar-refractivity contribution in [2.75, 3.05) is 7.11 Å². The smallest absolute Gasteiger partial charge is 0.122 e. The Kier molecular flexibility index (Phi) is 2.35. The van der Waals surface area contributed by atoms with Crippen molar-refractivity contribution in [3.8, 4) is 11.8 Å². The summed E-state index contributed by atoms with van der Waals surface area (Å²) in [6.07, 6.45) is 0.924. The molecule has 0 spiro atoms. The Bertz CT molecular complexity index is 397. The number of rotatable bonds is 2. The molecule has 0 N–H and O–H groups in total. The SMILES string of the molecule is COc1ccc(Cl)cc1C1CC1C#N. The van der Waals surface area contributed by atoms with Gasteiger partial charge in [-0.1, -0.05) is 11.6 Å². The van der Waals surface area contributed by atoms with Gasteiger partial charge in [0.2, 0.25) is 0 Å². The Hall–Kier alpha value is -1.20. The highest BCUT2D eigenvalue weighted by molar-refractivity contribution is 6.30. The molecule has 3 heteroatoms. The first-order valence-electron chi connectivity index (χ1n) is 4.49. The predicted molar refractivity (Wildman–Crippen MR) is 54.5 cm³/mol. The van der Waals surface area contributed by atoms with Crippen molar-refractivity contribution in [2.24, 2.45) is 5.92 Å². The quantitative estimate of drug-likeness (QED) is 0.747. The third kappa shape index (κ3) is 1.56. The minimum atomic E-state index is 0.141. The molecule has 1 aromatic carbocycles. The van der Waals surface area contributed by atoms with Gasteiger partial charge in [0.1, 0.15) is 5.75 Å². The van der Waals surface area contributed by atoms with Gasteiger partial charge in [-0.15, -0.1) is 0 Å². The highest BCUT2D eigenvalue weighted by atomic mass is 35.5. The summed E-state index contributed by atoms with van der Waals surface area (Å²) in [6, 6.07) is 7.80. The molecule has 2 unspecified atom stereocenters. The summed E-state index contributed by atoms with van der Waals surface area (Å²) in [4.78, 5) is 0. The van der Waals surface area contributed by atoms with Gasteiger partial charge in [0, 0.05) is 16.5 Å². The van der Waals surface area contributed by atoms with E-state index in [4.69, 9.17) is 21.6 Å². The number of nitriles is 1. The third-order valence-electron chi connectivity index (χ3n) is 2.55. The van der Waals surface area contributed by atoms with Crippen molar-refractivity contribution < 1.29 is 4.74 Å². The Morgan fingerprint density at radius 1 is 1.57 bits per heavy atom. The maximum absolute atomic E-state index is 8.75. The second kappa shape index (κ2) is 3.51. The normalized spacial score (nSPS) is 24.1. The van der Waals surface area contributed by atoms with E-state index >= 15 is 0 Å². The van der Waals surface area contributed by atoms with Crippen LogP contribution in [0.3, 0.4) is 0 Å². The van der Waals surface area contributed by atoms with Gasteiger partial charge >= 0.3 is 0 Å². The molecule has 2 nitrogen and oxygen atoms in total. The summed E-state index contributed by atoms with van der Waals surface area (Å²) >= 11 is 5.90. The Morgan fingerprint density at radius 2 is 2.36 bits per heavy atom. The molecule has 0 saturated heterocycles. The summed E-state index contributed by atoms with van der Waals surface area (Å²) < 4.78 is 5.23. The molecule has 0 amide bonds. The van der Waals surface area contributed by atoms with Gasteiger partial charge < -0.3 is 4.74 Å². The second-order valence-corrected chi connectivity index (χ2v) is 3.90. The van der Waals surface area contributed by atoms with Gasteiger partial charge in [-0.25, -0.2) is 0 Å². The molecule has 72 valence electrons. The van der Waals surface area contributed by atoms with Crippen molar-refractivity contribution in [2.45, 2.75) is 12.3 Å². The molecule has 2 atom stereocenters. The third-order valence-corrected chi connectivity index (χ3v) is 2.78. The highest BCUT2D eigenvalue weighted by Crippen LogP contribution is 2.50. The van der Waals surface area contributed by atoms with Gasteiger partial charge in [0.05, 0.1) is 19.1 Å². The average Bonchev–Trinajstić information content (AvgIpc) is 2.96. The van der Waals surface area contributed by atoms with E-state index in [9.17, 15) is 0 Å². The van der Waals surface area contributed by atoms with E-state index in [0.29, 0.717) is 10.9 Å². The average molecular weight is 208 g/mol. The fraction of sp³-hybridized carbons (Fsp3) is 0.364. The first-order valence-corrected chi connectivity index (χ1v) is 4.87. The fourth-order valence-corrected chi connectivity index (χ4v) is 1.86. The van der Waals surface area contributed by atoms with Crippen LogP contribution >= 0.6 is 11.6 Å². The molecule has 1 saturated carbocycles. The second-order valence-electron chi connectivity index (χ2n) is 3.46. The van der Waals surface area contributed by atoms with Gasteiger partial charge in [0.25, 0.3) is 0 Å². The molecule has 1 aliphatic carbocycles. The van der Waals surface area contributed by atoms with E-state index in [-0.39, 0.29) is 5.92 Å². The molecule has 0 heterocycles. The molecule has 0 radical (unpaired) electrons. The molecule has 0 bridgehead atoms. The zero-order valence-corrected chi connectivity index (χ0v) is 8.58. The van der Waals surface area contributed by atoms with Crippen LogP contribution in [0.2, 0.25) is 5.02 Å². The number of halogens is 1. The number of hydrogen-bond acceptors (Lipinski definition) is 2. The maximum atomic E-state index is 8.75. The van der Waals surface area contributed by atoms with Gasteiger partial charge in [-0.2, -0.15) is 5.26 Å². The Labute approximate surface area is 88.1 Å². The van der Waals surface area contributed by atoms with E-state index in [1.54, 1.807) is 13.2 Å². The van der Waals surface area contributed by atoms with Gasteiger partial charge in [-0.05, 0) is 24.6 Å². The van der Waals surface area contributed by atoms with E-state index in [1.165, 1.54) is 0 Å². The largest absolute Gasteiger partial charge is 0.496 e. The molecule has 0 aromatic heterocycles. The van der Waals surface area contributed by atoms with Crippen LogP contribution < -0.4 is 4.74 Å². The van der Waals surface area contributed by atoms with E-state index < -0.39 is 0 Å². The lowest BCUT2D eigenvalue weighted by Crippen LogP contribution is -1.90. The topological polar surface area (TPSA) is 33.0 Å². The maximum Gasteiger partial charge on any atom is 0.122 e.